The van der Waals surface area contributed by atoms with Crippen LogP contribution in [0.4, 0.5) is 8.78 Å². The zero-order chi connectivity index (χ0) is 19.2. The Bertz CT molecular complexity index is 776. The highest BCUT2D eigenvalue weighted by atomic mass is 19.2. The van der Waals surface area contributed by atoms with Gasteiger partial charge in [0.25, 0.3) is 0 Å². The van der Waals surface area contributed by atoms with Crippen LogP contribution in [0.3, 0.4) is 0 Å². The van der Waals surface area contributed by atoms with Crippen molar-refractivity contribution in [1.29, 1.82) is 0 Å². The van der Waals surface area contributed by atoms with Gasteiger partial charge in [-0.25, -0.2) is 4.39 Å². The topological polar surface area (TPSA) is 18.5 Å². The van der Waals surface area contributed by atoms with E-state index in [2.05, 4.69) is 31.2 Å². The number of allylic oxidation sites excluding steroid dienone is 1. The summed E-state index contributed by atoms with van der Waals surface area (Å²) in [5.74, 6) is -1.43. The third-order valence-corrected chi connectivity index (χ3v) is 5.16. The van der Waals surface area contributed by atoms with E-state index < -0.39 is 11.6 Å². The van der Waals surface area contributed by atoms with Crippen molar-refractivity contribution in [2.75, 3.05) is 0 Å². The van der Waals surface area contributed by atoms with Gasteiger partial charge in [0.1, 0.15) is 0 Å². The summed E-state index contributed by atoms with van der Waals surface area (Å²) in [7, 11) is 0. The minimum atomic E-state index is -0.975. The van der Waals surface area contributed by atoms with Crippen molar-refractivity contribution >= 4 is 0 Å². The van der Waals surface area contributed by atoms with Gasteiger partial charge in [0.2, 0.25) is 5.82 Å². The normalized spacial score (nSPS) is 20.1. The largest absolute Gasteiger partial charge is 0.462 e. The molecule has 2 aromatic carbocycles. The molecule has 1 aliphatic rings. The van der Waals surface area contributed by atoms with Crippen LogP contribution < -0.4 is 4.74 Å². The van der Waals surface area contributed by atoms with Gasteiger partial charge < -0.3 is 9.47 Å². The minimum Gasteiger partial charge on any atom is -0.462 e. The van der Waals surface area contributed by atoms with Gasteiger partial charge in [-0.15, -0.1) is 0 Å². The Balaban J connectivity index is 1.53. The van der Waals surface area contributed by atoms with E-state index >= 15 is 0 Å². The van der Waals surface area contributed by atoms with Crippen LogP contribution in [0.2, 0.25) is 0 Å². The lowest BCUT2D eigenvalue weighted by atomic mass is 9.82. The van der Waals surface area contributed by atoms with Crippen molar-refractivity contribution in [3.63, 3.8) is 0 Å². The molecule has 0 saturated heterocycles. The first-order chi connectivity index (χ1) is 13.1. The van der Waals surface area contributed by atoms with Crippen molar-refractivity contribution in [1.82, 2.24) is 0 Å². The monoisotopic (exact) mass is 372 g/mol. The summed E-state index contributed by atoms with van der Waals surface area (Å²) >= 11 is 0. The van der Waals surface area contributed by atoms with E-state index in [0.29, 0.717) is 5.92 Å². The fourth-order valence-electron chi connectivity index (χ4n) is 3.52. The fraction of sp³-hybridized carbons (Fsp3) is 0.391. The second kappa shape index (κ2) is 9.14. The molecule has 0 radical (unpaired) electrons. The smallest absolute Gasteiger partial charge is 0.201 e. The highest BCUT2D eigenvalue weighted by molar-refractivity contribution is 5.31. The number of aryl methyl sites for hydroxylation is 1. The molecule has 0 N–H and O–H groups in total. The quantitative estimate of drug-likeness (QED) is 0.544. The minimum absolute atomic E-state index is 0.0759. The van der Waals surface area contributed by atoms with Crippen LogP contribution in [-0.2, 0) is 11.3 Å². The third-order valence-electron chi connectivity index (χ3n) is 5.16. The summed E-state index contributed by atoms with van der Waals surface area (Å²) in [4.78, 5) is 0. The number of hydrogen-bond acceptors (Lipinski definition) is 2. The van der Waals surface area contributed by atoms with E-state index in [1.807, 2.05) is 0 Å². The number of benzene rings is 2. The van der Waals surface area contributed by atoms with Crippen molar-refractivity contribution in [3.05, 3.63) is 77.1 Å². The van der Waals surface area contributed by atoms with Crippen LogP contribution >= 0.6 is 0 Å². The Morgan fingerprint density at radius 3 is 2.33 bits per heavy atom. The first-order valence-electron chi connectivity index (χ1n) is 9.51. The van der Waals surface area contributed by atoms with Crippen LogP contribution in [0, 0.1) is 18.6 Å². The predicted molar refractivity (Wildman–Crippen MR) is 103 cm³/mol. The van der Waals surface area contributed by atoms with E-state index in [4.69, 9.17) is 9.47 Å². The molecule has 2 nitrogen and oxygen atoms in total. The van der Waals surface area contributed by atoms with E-state index in [1.54, 1.807) is 13.0 Å². The summed E-state index contributed by atoms with van der Waals surface area (Å²) in [6, 6.07) is 11.7. The molecule has 1 saturated carbocycles. The number of halogens is 2. The zero-order valence-electron chi connectivity index (χ0n) is 15.9. The molecule has 1 fully saturated rings. The van der Waals surface area contributed by atoms with Gasteiger partial charge >= 0.3 is 0 Å². The summed E-state index contributed by atoms with van der Waals surface area (Å²) in [5.41, 5.74) is 2.87. The molecule has 1 aliphatic carbocycles. The van der Waals surface area contributed by atoms with Crippen LogP contribution in [0.25, 0.3) is 0 Å². The molecule has 3 rings (SSSR count). The summed E-state index contributed by atoms with van der Waals surface area (Å²) < 4.78 is 39.1. The lowest BCUT2D eigenvalue weighted by Gasteiger charge is -2.29. The van der Waals surface area contributed by atoms with E-state index in [9.17, 15) is 8.78 Å². The van der Waals surface area contributed by atoms with Crippen molar-refractivity contribution in [2.45, 2.75) is 58.2 Å². The van der Waals surface area contributed by atoms with E-state index in [1.165, 1.54) is 29.5 Å². The summed E-state index contributed by atoms with van der Waals surface area (Å²) in [6.07, 6.45) is 7.01. The first kappa shape index (κ1) is 19.6. The first-order valence-corrected chi connectivity index (χ1v) is 9.51. The molecule has 4 heteroatoms. The zero-order valence-corrected chi connectivity index (χ0v) is 15.9. The molecule has 27 heavy (non-hydrogen) atoms. The second-order valence-electron chi connectivity index (χ2n) is 7.13. The SMILES string of the molecule is CC=COc1ccc(COC2CCC(c3ccc(C)cc3)CC2)c(F)c1F. The van der Waals surface area contributed by atoms with E-state index in [-0.39, 0.29) is 24.0 Å². The Morgan fingerprint density at radius 1 is 0.963 bits per heavy atom. The molecule has 0 heterocycles. The summed E-state index contributed by atoms with van der Waals surface area (Å²) in [6.45, 7) is 3.91. The molecule has 144 valence electrons. The summed E-state index contributed by atoms with van der Waals surface area (Å²) in [5, 5.41) is 0. The highest BCUT2D eigenvalue weighted by Gasteiger charge is 2.23. The van der Waals surface area contributed by atoms with Gasteiger partial charge in [-0.3, -0.25) is 0 Å². The van der Waals surface area contributed by atoms with Gasteiger partial charge in [0.05, 0.1) is 19.0 Å². The standard InChI is InChI=1S/C23H26F2O2/c1-3-14-26-21-13-10-19(22(24)23(21)25)15-27-20-11-8-18(9-12-20)17-6-4-16(2)5-7-17/h3-7,10,13-14,18,20H,8-9,11-12,15H2,1-2H3. The Morgan fingerprint density at radius 2 is 1.67 bits per heavy atom. The molecule has 0 bridgehead atoms. The molecular weight excluding hydrogens is 346 g/mol. The second-order valence-corrected chi connectivity index (χ2v) is 7.13. The highest BCUT2D eigenvalue weighted by Crippen LogP contribution is 2.34. The molecule has 0 aromatic heterocycles. The van der Waals surface area contributed by atoms with Gasteiger partial charge in [-0.05, 0) is 63.1 Å². The van der Waals surface area contributed by atoms with Crippen LogP contribution in [0.1, 0.15) is 55.2 Å². The fourth-order valence-corrected chi connectivity index (χ4v) is 3.52. The Labute approximate surface area is 159 Å². The van der Waals surface area contributed by atoms with Crippen molar-refractivity contribution in [3.8, 4) is 5.75 Å². The van der Waals surface area contributed by atoms with Crippen LogP contribution in [0.15, 0.2) is 48.7 Å². The molecule has 0 spiro atoms. The van der Waals surface area contributed by atoms with Crippen LogP contribution in [-0.4, -0.2) is 6.10 Å². The van der Waals surface area contributed by atoms with Gasteiger partial charge in [-0.2, -0.15) is 4.39 Å². The number of hydrogen-bond donors (Lipinski definition) is 0. The van der Waals surface area contributed by atoms with Gasteiger partial charge in [-0.1, -0.05) is 35.9 Å². The average Bonchev–Trinajstić information content (AvgIpc) is 2.69. The molecule has 0 atom stereocenters. The third kappa shape index (κ3) is 4.95. The average molecular weight is 372 g/mol. The predicted octanol–water partition coefficient (Wildman–Crippen LogP) is 6.43. The Kier molecular flexibility index (Phi) is 6.62. The van der Waals surface area contributed by atoms with Crippen molar-refractivity contribution < 1.29 is 18.3 Å². The number of ether oxygens (including phenoxy) is 2. The molecule has 0 amide bonds. The van der Waals surface area contributed by atoms with E-state index in [0.717, 1.165) is 25.7 Å². The van der Waals surface area contributed by atoms with Crippen LogP contribution in [0.5, 0.6) is 5.75 Å². The Hall–Kier alpha value is -2.20. The molecule has 0 aliphatic heterocycles. The maximum Gasteiger partial charge on any atom is 0.201 e. The number of rotatable bonds is 6. The molecule has 2 aromatic rings. The molecular formula is C23H26F2O2. The van der Waals surface area contributed by atoms with Crippen molar-refractivity contribution in [2.24, 2.45) is 0 Å². The maximum absolute atomic E-state index is 14.2. The molecule has 0 unspecified atom stereocenters. The van der Waals surface area contributed by atoms with Gasteiger partial charge in [0.15, 0.2) is 11.6 Å². The lowest BCUT2D eigenvalue weighted by Crippen LogP contribution is -2.21. The lowest BCUT2D eigenvalue weighted by molar-refractivity contribution is 0.0118. The van der Waals surface area contributed by atoms with Gasteiger partial charge in [0, 0.05) is 5.56 Å². The maximum atomic E-state index is 14.2.